The first-order chi connectivity index (χ1) is 12.7. The zero-order chi connectivity index (χ0) is 20.0. The second kappa shape index (κ2) is 9.44. The van der Waals surface area contributed by atoms with Crippen LogP contribution in [0.15, 0.2) is 48.1 Å². The van der Waals surface area contributed by atoms with Gasteiger partial charge in [-0.2, -0.15) is 0 Å². The Labute approximate surface area is 167 Å². The molecule has 0 spiro atoms. The van der Waals surface area contributed by atoms with Crippen molar-refractivity contribution in [3.63, 3.8) is 0 Å². The number of hydrogen-bond acceptors (Lipinski definition) is 1. The molecule has 2 unspecified atom stereocenters. The van der Waals surface area contributed by atoms with Crippen molar-refractivity contribution in [2.75, 3.05) is 5.73 Å². The number of nitrogens with two attached hydrogens (primary N) is 1. The Kier molecular flexibility index (Phi) is 7.53. The first kappa shape index (κ1) is 21.5. The smallest absolute Gasteiger partial charge is 0.0426 e. The molecule has 0 aromatic heterocycles. The number of benzene rings is 1. The third-order valence-electron chi connectivity index (χ3n) is 5.78. The maximum atomic E-state index is 6.64. The van der Waals surface area contributed by atoms with Gasteiger partial charge in [0.05, 0.1) is 0 Å². The number of para-hydroxylation sites is 1. The summed E-state index contributed by atoms with van der Waals surface area (Å²) in [7, 11) is 0. The summed E-state index contributed by atoms with van der Waals surface area (Å²) in [6, 6.07) is 6.54. The van der Waals surface area contributed by atoms with Crippen molar-refractivity contribution in [3.8, 4) is 0 Å². The summed E-state index contributed by atoms with van der Waals surface area (Å²) in [5, 5.41) is 0. The molecule has 0 radical (unpaired) electrons. The molecule has 0 saturated heterocycles. The number of nitrogen functional groups attached to an aromatic ring is 1. The summed E-state index contributed by atoms with van der Waals surface area (Å²) in [4.78, 5) is 0. The number of allylic oxidation sites excluding steroid dienone is 6. The molecule has 1 aromatic carbocycles. The van der Waals surface area contributed by atoms with E-state index in [0.29, 0.717) is 11.3 Å². The van der Waals surface area contributed by atoms with Crippen LogP contribution < -0.4 is 5.73 Å². The Balaban J connectivity index is 2.23. The van der Waals surface area contributed by atoms with Gasteiger partial charge in [0, 0.05) is 11.3 Å². The Bertz CT molecular complexity index is 708. The van der Waals surface area contributed by atoms with Crippen LogP contribution in [0.3, 0.4) is 0 Å². The van der Waals surface area contributed by atoms with Crippen molar-refractivity contribution in [1.29, 1.82) is 0 Å². The van der Waals surface area contributed by atoms with E-state index >= 15 is 0 Å². The van der Waals surface area contributed by atoms with Crippen molar-refractivity contribution in [3.05, 3.63) is 59.2 Å². The van der Waals surface area contributed by atoms with E-state index in [-0.39, 0.29) is 0 Å². The lowest BCUT2D eigenvalue weighted by Crippen LogP contribution is -2.29. The standard InChI is InChI=1S/C26H39N/c1-7-11-22(18-19(2)3)23-14-10-13-21(25(23)27)17-16-20-12-8-9-15-24(20)26(4,5)6/h8,10-14,18,20,24H,7,9,15-17,27H2,1-6H3/b22-11+. The first-order valence-corrected chi connectivity index (χ1v) is 10.6. The van der Waals surface area contributed by atoms with Gasteiger partial charge in [-0.3, -0.25) is 0 Å². The van der Waals surface area contributed by atoms with E-state index in [2.05, 4.69) is 84.0 Å². The largest absolute Gasteiger partial charge is 0.398 e. The minimum absolute atomic E-state index is 0.364. The molecular weight excluding hydrogens is 326 g/mol. The van der Waals surface area contributed by atoms with Gasteiger partial charge in [-0.15, -0.1) is 0 Å². The zero-order valence-electron chi connectivity index (χ0n) is 18.3. The van der Waals surface area contributed by atoms with Gasteiger partial charge in [0.15, 0.2) is 0 Å². The van der Waals surface area contributed by atoms with Crippen LogP contribution in [0.2, 0.25) is 0 Å². The monoisotopic (exact) mass is 365 g/mol. The van der Waals surface area contributed by atoms with Gasteiger partial charge in [0.1, 0.15) is 0 Å². The van der Waals surface area contributed by atoms with E-state index in [9.17, 15) is 0 Å². The van der Waals surface area contributed by atoms with Crippen molar-refractivity contribution in [2.24, 2.45) is 17.3 Å². The Hall–Kier alpha value is -1.76. The second-order valence-electron chi connectivity index (χ2n) is 9.35. The molecular formula is C26H39N. The van der Waals surface area contributed by atoms with Crippen LogP contribution in [-0.4, -0.2) is 0 Å². The van der Waals surface area contributed by atoms with Crippen LogP contribution >= 0.6 is 0 Å². The molecule has 0 fully saturated rings. The lowest BCUT2D eigenvalue weighted by molar-refractivity contribution is 0.160. The average Bonchev–Trinajstić information content (AvgIpc) is 2.59. The number of hydrogen-bond donors (Lipinski definition) is 1. The van der Waals surface area contributed by atoms with Crippen molar-refractivity contribution >= 4 is 11.3 Å². The molecule has 1 aliphatic carbocycles. The molecule has 2 rings (SSSR count). The normalized spacial score (nSPS) is 20.6. The van der Waals surface area contributed by atoms with Crippen molar-refractivity contribution < 1.29 is 0 Å². The van der Waals surface area contributed by atoms with E-state index in [1.54, 1.807) is 0 Å². The first-order valence-electron chi connectivity index (χ1n) is 10.6. The summed E-state index contributed by atoms with van der Waals surface area (Å²) >= 11 is 0. The van der Waals surface area contributed by atoms with Gasteiger partial charge in [-0.05, 0) is 74.3 Å². The van der Waals surface area contributed by atoms with Crippen molar-refractivity contribution in [1.82, 2.24) is 0 Å². The maximum Gasteiger partial charge on any atom is 0.0426 e. The van der Waals surface area contributed by atoms with Crippen LogP contribution in [-0.2, 0) is 6.42 Å². The second-order valence-corrected chi connectivity index (χ2v) is 9.35. The molecule has 0 bridgehead atoms. The molecule has 2 atom stereocenters. The van der Waals surface area contributed by atoms with E-state index in [0.717, 1.165) is 24.4 Å². The minimum atomic E-state index is 0.364. The van der Waals surface area contributed by atoms with Gasteiger partial charge < -0.3 is 5.73 Å². The van der Waals surface area contributed by atoms with Crippen LogP contribution in [0.4, 0.5) is 5.69 Å². The topological polar surface area (TPSA) is 26.0 Å². The molecule has 0 heterocycles. The van der Waals surface area contributed by atoms with Crippen molar-refractivity contribution in [2.45, 2.75) is 73.6 Å². The maximum absolute atomic E-state index is 6.64. The average molecular weight is 366 g/mol. The Morgan fingerprint density at radius 3 is 2.59 bits per heavy atom. The van der Waals surface area contributed by atoms with Gasteiger partial charge in [-0.25, -0.2) is 0 Å². The van der Waals surface area contributed by atoms with Crippen LogP contribution in [0.25, 0.3) is 5.57 Å². The molecule has 1 aromatic rings. The van der Waals surface area contributed by atoms with E-state index in [1.807, 2.05) is 0 Å². The summed E-state index contributed by atoms with van der Waals surface area (Å²) in [5.41, 5.74) is 13.0. The zero-order valence-corrected chi connectivity index (χ0v) is 18.3. The highest BCUT2D eigenvalue weighted by Gasteiger charge is 2.31. The fourth-order valence-electron chi connectivity index (χ4n) is 4.45. The molecule has 1 heteroatoms. The highest BCUT2D eigenvalue weighted by molar-refractivity contribution is 5.82. The number of anilines is 1. The van der Waals surface area contributed by atoms with Gasteiger partial charge in [0.2, 0.25) is 0 Å². The molecule has 2 N–H and O–H groups in total. The molecule has 0 aliphatic heterocycles. The quantitative estimate of drug-likeness (QED) is 0.313. The van der Waals surface area contributed by atoms with E-state index in [4.69, 9.17) is 5.73 Å². The Morgan fingerprint density at radius 1 is 1.22 bits per heavy atom. The molecule has 1 aliphatic rings. The molecule has 27 heavy (non-hydrogen) atoms. The van der Waals surface area contributed by atoms with E-state index in [1.165, 1.54) is 41.5 Å². The molecule has 148 valence electrons. The third-order valence-corrected chi connectivity index (χ3v) is 5.78. The van der Waals surface area contributed by atoms with Crippen LogP contribution in [0.1, 0.15) is 78.4 Å². The number of aryl methyl sites for hydroxylation is 1. The summed E-state index contributed by atoms with van der Waals surface area (Å²) < 4.78 is 0. The van der Waals surface area contributed by atoms with Gasteiger partial charge >= 0.3 is 0 Å². The predicted octanol–water partition coefficient (Wildman–Crippen LogP) is 7.59. The fraction of sp³-hybridized carbons (Fsp3) is 0.538. The summed E-state index contributed by atoms with van der Waals surface area (Å²) in [5.74, 6) is 1.42. The number of rotatable bonds is 6. The van der Waals surface area contributed by atoms with Crippen LogP contribution in [0, 0.1) is 17.3 Å². The lowest BCUT2D eigenvalue weighted by Gasteiger charge is -2.38. The molecule has 1 nitrogen and oxygen atoms in total. The molecule has 0 amide bonds. The third kappa shape index (κ3) is 5.86. The summed E-state index contributed by atoms with van der Waals surface area (Å²) in [6.07, 6.45) is 15.2. The highest BCUT2D eigenvalue weighted by atomic mass is 14.6. The molecule has 0 saturated carbocycles. The summed E-state index contributed by atoms with van der Waals surface area (Å²) in [6.45, 7) is 13.6. The van der Waals surface area contributed by atoms with E-state index < -0.39 is 0 Å². The lowest BCUT2D eigenvalue weighted by atomic mass is 9.67. The van der Waals surface area contributed by atoms with Crippen LogP contribution in [0.5, 0.6) is 0 Å². The highest BCUT2D eigenvalue weighted by Crippen LogP contribution is 2.41. The van der Waals surface area contributed by atoms with Gasteiger partial charge in [0.25, 0.3) is 0 Å². The SMILES string of the molecule is CC/C=C(\C=C(C)C)c1cccc(CCC2C=CCCC2C(C)(C)C)c1N. The van der Waals surface area contributed by atoms with Gasteiger partial charge in [-0.1, -0.05) is 75.8 Å². The Morgan fingerprint density at radius 2 is 1.96 bits per heavy atom. The minimum Gasteiger partial charge on any atom is -0.398 e. The predicted molar refractivity (Wildman–Crippen MR) is 122 cm³/mol. The fourth-order valence-corrected chi connectivity index (χ4v) is 4.45.